The van der Waals surface area contributed by atoms with Gasteiger partial charge < -0.3 is 19.5 Å². The number of alkyl halides is 1. The Labute approximate surface area is 310 Å². The van der Waals surface area contributed by atoms with Gasteiger partial charge in [-0.3, -0.25) is 14.6 Å². The van der Waals surface area contributed by atoms with Crippen LogP contribution in [0.5, 0.6) is 0 Å². The Morgan fingerprint density at radius 2 is 1.75 bits per heavy atom. The lowest BCUT2D eigenvalue weighted by Gasteiger charge is -2.47. The van der Waals surface area contributed by atoms with Gasteiger partial charge in [0.1, 0.15) is 5.52 Å². The number of carbonyl (C=O) groups is 1. The quantitative estimate of drug-likeness (QED) is 0.124. The zero-order valence-corrected chi connectivity index (χ0v) is 31.4. The zero-order chi connectivity index (χ0) is 35.2. The van der Waals surface area contributed by atoms with Crippen molar-refractivity contribution in [2.24, 2.45) is 5.41 Å². The smallest absolute Gasteiger partial charge is 0.251 e. The van der Waals surface area contributed by atoms with Gasteiger partial charge in [-0.2, -0.15) is 8.78 Å². The molecule has 4 aliphatic heterocycles. The van der Waals surface area contributed by atoms with Crippen molar-refractivity contribution < 1.29 is 18.3 Å². The van der Waals surface area contributed by atoms with E-state index in [2.05, 4.69) is 79.6 Å². The monoisotopic (exact) mass is 808 g/mol. The average Bonchev–Trinajstić information content (AvgIpc) is 3.72. The lowest BCUT2D eigenvalue weighted by molar-refractivity contribution is -0.128. The number of hydrogen-bond donors (Lipinski definition) is 1. The van der Waals surface area contributed by atoms with Gasteiger partial charge in [-0.05, 0) is 87.8 Å². The number of piperidine rings is 1. The standard InChI is InChI=1S/C38H43F2IN8O2/c1-22(41)48-21-43-30-17-29(45-35(33(30)48)44-28-6-10-42-34(40)32(28)39)23-4-5-27-31(14-23)49(25-15-24(16-25)47-11-7-37(2,3)20-47)36(50)38(27)8-12-46(13-9-38)26-18-51-19-26/h4-6,10,14,17,21-22,24-26H,7-9,11-13,15-16,18-20H2,1-3H3,(H,42,44,45). The van der Waals surface area contributed by atoms with Gasteiger partial charge in [-0.1, -0.05) is 48.6 Å². The highest BCUT2D eigenvalue weighted by molar-refractivity contribution is 14.1. The maximum absolute atomic E-state index is 14.9. The third-order valence-corrected chi connectivity index (χ3v) is 12.8. The number of ether oxygens (including phenoxy) is 1. The minimum Gasteiger partial charge on any atom is -0.378 e. The first-order valence-corrected chi connectivity index (χ1v) is 19.4. The molecule has 7 heterocycles. The van der Waals surface area contributed by atoms with Crippen LogP contribution in [0.3, 0.4) is 0 Å². The van der Waals surface area contributed by atoms with Crippen LogP contribution in [-0.2, 0) is 14.9 Å². The van der Waals surface area contributed by atoms with Crippen molar-refractivity contribution in [3.8, 4) is 11.3 Å². The minimum atomic E-state index is -1.18. The van der Waals surface area contributed by atoms with Crippen LogP contribution in [0, 0.1) is 17.2 Å². The number of likely N-dealkylation sites (tertiary alicyclic amines) is 2. The van der Waals surface area contributed by atoms with Crippen LogP contribution in [0.1, 0.15) is 62.5 Å². The number of carbonyl (C=O) groups excluding carboxylic acids is 1. The lowest BCUT2D eigenvalue weighted by Crippen LogP contribution is -2.59. The topological polar surface area (TPSA) is 91.7 Å². The Hall–Kier alpha value is -3.27. The van der Waals surface area contributed by atoms with Crippen molar-refractivity contribution in [3.05, 3.63) is 60.2 Å². The third kappa shape index (κ3) is 5.56. The number of nitrogens with zero attached hydrogens (tertiary/aromatic N) is 7. The van der Waals surface area contributed by atoms with E-state index < -0.39 is 17.2 Å². The maximum atomic E-state index is 14.9. The van der Waals surface area contributed by atoms with Gasteiger partial charge in [0.25, 0.3) is 5.95 Å². The second-order valence-corrected chi connectivity index (χ2v) is 17.7. The zero-order valence-electron chi connectivity index (χ0n) is 29.2. The van der Waals surface area contributed by atoms with Gasteiger partial charge in [-0.15, -0.1) is 0 Å². The molecular weight excluding hydrogens is 765 g/mol. The number of hydrogen-bond acceptors (Lipinski definition) is 8. The van der Waals surface area contributed by atoms with Gasteiger partial charge in [-0.25, -0.2) is 15.0 Å². The van der Waals surface area contributed by atoms with Crippen molar-refractivity contribution in [2.45, 2.75) is 80.5 Å². The summed E-state index contributed by atoms with van der Waals surface area (Å²) in [5, 5.41) is 3.05. The summed E-state index contributed by atoms with van der Waals surface area (Å²) in [5.41, 5.74) is 4.66. The summed E-state index contributed by atoms with van der Waals surface area (Å²) in [6.45, 7) is 12.3. The highest BCUT2D eigenvalue weighted by Crippen LogP contribution is 2.52. The van der Waals surface area contributed by atoms with Crippen LogP contribution in [0.2, 0.25) is 0 Å². The number of fused-ring (bicyclic) bond motifs is 3. The fourth-order valence-electron chi connectivity index (χ4n) is 9.04. The Morgan fingerprint density at radius 3 is 2.43 bits per heavy atom. The van der Waals surface area contributed by atoms with Crippen molar-refractivity contribution in [2.75, 3.05) is 49.6 Å². The van der Waals surface area contributed by atoms with Crippen LogP contribution in [0.4, 0.5) is 26.0 Å². The molecule has 1 amide bonds. The molecule has 1 saturated carbocycles. The predicted molar refractivity (Wildman–Crippen MR) is 200 cm³/mol. The Kier molecular flexibility index (Phi) is 8.17. The van der Waals surface area contributed by atoms with E-state index in [1.54, 1.807) is 6.33 Å². The van der Waals surface area contributed by atoms with E-state index in [9.17, 15) is 13.6 Å². The van der Waals surface area contributed by atoms with E-state index in [0.29, 0.717) is 40.0 Å². The summed E-state index contributed by atoms with van der Waals surface area (Å²) in [6.07, 6.45) is 7.71. The van der Waals surface area contributed by atoms with Gasteiger partial charge in [0.05, 0.1) is 51.9 Å². The van der Waals surface area contributed by atoms with Gasteiger partial charge >= 0.3 is 0 Å². The largest absolute Gasteiger partial charge is 0.378 e. The van der Waals surface area contributed by atoms with Crippen LogP contribution in [0.15, 0.2) is 42.9 Å². The number of nitrogens with one attached hydrogen (secondary N) is 1. The molecule has 5 aliphatic rings. The molecule has 1 spiro atoms. The first kappa shape index (κ1) is 33.6. The Morgan fingerprint density at radius 1 is 0.980 bits per heavy atom. The molecule has 51 heavy (non-hydrogen) atoms. The lowest BCUT2D eigenvalue weighted by atomic mass is 9.73. The number of rotatable bonds is 7. The van der Waals surface area contributed by atoms with Gasteiger partial charge in [0.2, 0.25) is 11.7 Å². The molecule has 268 valence electrons. The molecule has 1 atom stereocenters. The molecule has 3 saturated heterocycles. The summed E-state index contributed by atoms with van der Waals surface area (Å²) in [6, 6.07) is 10.8. The van der Waals surface area contributed by atoms with E-state index >= 15 is 0 Å². The van der Waals surface area contributed by atoms with E-state index in [-0.39, 0.29) is 21.7 Å². The number of anilines is 3. The van der Waals surface area contributed by atoms with Gasteiger partial charge in [0, 0.05) is 36.1 Å². The second-order valence-electron chi connectivity index (χ2n) is 15.9. The molecule has 1 unspecified atom stereocenters. The second kappa shape index (κ2) is 12.4. The summed E-state index contributed by atoms with van der Waals surface area (Å²) in [7, 11) is 0. The summed E-state index contributed by atoms with van der Waals surface area (Å²) in [5.74, 6) is -1.66. The van der Waals surface area contributed by atoms with Crippen molar-refractivity contribution >= 4 is 56.7 Å². The summed E-state index contributed by atoms with van der Waals surface area (Å²) < 4.78 is 36.5. The predicted octanol–water partition coefficient (Wildman–Crippen LogP) is 6.81. The molecule has 1 aliphatic carbocycles. The van der Waals surface area contributed by atoms with E-state index in [1.165, 1.54) is 18.7 Å². The molecule has 4 fully saturated rings. The molecule has 13 heteroatoms. The highest BCUT2D eigenvalue weighted by atomic mass is 127. The average molecular weight is 809 g/mol. The SMILES string of the molecule is CC(I)n1cnc2cc(-c3ccc4c(c3)N(C3CC(N5CCC(C)(C)C5)C3)C(=O)C43CCN(C4COC4)CC3)nc(Nc3ccnc(F)c3F)c21. The summed E-state index contributed by atoms with van der Waals surface area (Å²) >= 11 is 2.29. The molecule has 0 bridgehead atoms. The minimum absolute atomic E-state index is 0.0248. The molecule has 0 radical (unpaired) electrons. The third-order valence-electron chi connectivity index (χ3n) is 12.2. The number of halogens is 3. The molecule has 4 aromatic rings. The van der Waals surface area contributed by atoms with Crippen LogP contribution in [0.25, 0.3) is 22.3 Å². The molecule has 3 aromatic heterocycles. The highest BCUT2D eigenvalue weighted by Gasteiger charge is 2.56. The normalized spacial score (nSPS) is 25.3. The number of aromatic nitrogens is 4. The van der Waals surface area contributed by atoms with Crippen LogP contribution < -0.4 is 10.2 Å². The first-order chi connectivity index (χ1) is 24.5. The first-order valence-electron chi connectivity index (χ1n) is 18.1. The molecular formula is C38H43F2IN8O2. The Balaban J connectivity index is 1.10. The fourth-order valence-corrected chi connectivity index (χ4v) is 9.46. The number of imidazole rings is 1. The van der Waals surface area contributed by atoms with Crippen molar-refractivity contribution in [1.82, 2.24) is 29.3 Å². The fraction of sp³-hybridized carbons (Fsp3) is 0.526. The van der Waals surface area contributed by atoms with Gasteiger partial charge in [0.15, 0.2) is 5.82 Å². The molecule has 1 aromatic carbocycles. The molecule has 9 rings (SSSR count). The number of benzene rings is 1. The van der Waals surface area contributed by atoms with Crippen molar-refractivity contribution in [3.63, 3.8) is 0 Å². The van der Waals surface area contributed by atoms with Crippen molar-refractivity contribution in [1.29, 1.82) is 0 Å². The Bertz CT molecular complexity index is 2020. The van der Waals surface area contributed by atoms with E-state index in [1.807, 2.05) is 17.6 Å². The van der Waals surface area contributed by atoms with E-state index in [4.69, 9.17) is 14.7 Å². The van der Waals surface area contributed by atoms with Crippen LogP contribution >= 0.6 is 22.6 Å². The molecule has 10 nitrogen and oxygen atoms in total. The van der Waals surface area contributed by atoms with Crippen LogP contribution in [-0.4, -0.2) is 92.7 Å². The number of amides is 1. The molecule has 1 N–H and O–H groups in total. The maximum Gasteiger partial charge on any atom is 0.251 e. The summed E-state index contributed by atoms with van der Waals surface area (Å²) in [4.78, 5) is 35.2. The number of pyridine rings is 2. The van der Waals surface area contributed by atoms with E-state index in [0.717, 1.165) is 81.9 Å².